The molecule has 8 heteroatoms. The van der Waals surface area contributed by atoms with E-state index in [1.165, 1.54) is 0 Å². The molecule has 146 valence electrons. The largest absolute Gasteiger partial charge is 0.810 e. The predicted molar refractivity (Wildman–Crippen MR) is 119 cm³/mol. The maximum absolute atomic E-state index is 9.67. The second kappa shape index (κ2) is 7.61. The normalized spacial score (nSPS) is 10.9. The molecule has 2 aromatic heterocycles. The fourth-order valence-electron chi connectivity index (χ4n) is 3.39. The molecule has 0 unspecified atom stereocenters. The van der Waals surface area contributed by atoms with Crippen LogP contribution >= 0.6 is 0 Å². The summed E-state index contributed by atoms with van der Waals surface area (Å²) in [6, 6.07) is 13.5. The summed E-state index contributed by atoms with van der Waals surface area (Å²) in [5.41, 5.74) is 22.2. The summed E-state index contributed by atoms with van der Waals surface area (Å²) >= 11 is 0. The molecule has 29 heavy (non-hydrogen) atoms. The Morgan fingerprint density at radius 3 is 2.72 bits per heavy atom. The van der Waals surface area contributed by atoms with Gasteiger partial charge in [-0.15, -0.1) is 0 Å². The van der Waals surface area contributed by atoms with Crippen LogP contribution in [0.25, 0.3) is 27.4 Å². The Morgan fingerprint density at radius 1 is 1.10 bits per heavy atom. The van der Waals surface area contributed by atoms with Gasteiger partial charge in [0.1, 0.15) is 5.82 Å². The van der Waals surface area contributed by atoms with E-state index in [0.29, 0.717) is 29.3 Å². The van der Waals surface area contributed by atoms with Gasteiger partial charge in [-0.25, -0.2) is 4.98 Å². The van der Waals surface area contributed by atoms with Crippen LogP contribution in [0, 0.1) is 0 Å². The average Bonchev–Trinajstić information content (AvgIpc) is 3.11. The molecule has 4 aromatic rings. The highest BCUT2D eigenvalue weighted by molar-refractivity contribution is 5.98. The Labute approximate surface area is 167 Å². The van der Waals surface area contributed by atoms with E-state index in [2.05, 4.69) is 32.0 Å². The van der Waals surface area contributed by atoms with Crippen LogP contribution in [0.2, 0.25) is 0 Å². The number of nitrogen functional groups attached to an aromatic ring is 2. The smallest absolute Gasteiger partial charge is 0.221 e. The quantitative estimate of drug-likeness (QED) is 0.297. The molecule has 0 amide bonds. The third-order valence-electron chi connectivity index (χ3n) is 4.75. The highest BCUT2D eigenvalue weighted by atomic mass is 15.1. The van der Waals surface area contributed by atoms with E-state index in [1.807, 2.05) is 24.4 Å². The first kappa shape index (κ1) is 18.5. The standard InChI is InChI=1S/C21H21N8/c22-5-8-29-7-4-14-9-13(1-2-18(14)29)17-11-16(10-15(12-23)20(17)24)27-19-3-6-26-21(25)28-19/h1-4,6-7,9-12H,5,8,22,24H2,(H3,25,26,27,28)/q-1. The number of fused-ring (bicyclic) bond motifs is 1. The molecule has 0 radical (unpaired) electrons. The molecule has 0 aliphatic rings. The Bertz CT molecular complexity index is 1190. The number of nitrogens with zero attached hydrogens (tertiary/aromatic N) is 4. The lowest BCUT2D eigenvalue weighted by Crippen LogP contribution is -2.08. The van der Waals surface area contributed by atoms with Crippen LogP contribution < -0.4 is 22.5 Å². The number of nitrogens with one attached hydrogen (secondary N) is 1. The van der Waals surface area contributed by atoms with Gasteiger partial charge in [0, 0.05) is 53.3 Å². The highest BCUT2D eigenvalue weighted by Gasteiger charge is 2.11. The third kappa shape index (κ3) is 3.61. The summed E-state index contributed by atoms with van der Waals surface area (Å²) in [4.78, 5) is 8.04. The number of anilines is 4. The number of benzene rings is 2. The molecular formula is C21H21N8-. The highest BCUT2D eigenvalue weighted by Crippen LogP contribution is 2.34. The number of nitrogens with two attached hydrogens (primary N) is 3. The van der Waals surface area contributed by atoms with E-state index in [1.54, 1.807) is 18.3 Å². The van der Waals surface area contributed by atoms with E-state index in [0.717, 1.165) is 34.8 Å². The molecule has 8 nitrogen and oxygen atoms in total. The van der Waals surface area contributed by atoms with Crippen LogP contribution in [0.15, 0.2) is 54.9 Å². The summed E-state index contributed by atoms with van der Waals surface area (Å²) in [7, 11) is 0. The number of aromatic nitrogens is 3. The van der Waals surface area contributed by atoms with Crippen LogP contribution in [0.3, 0.4) is 0 Å². The lowest BCUT2D eigenvalue weighted by atomic mass is 9.98. The van der Waals surface area contributed by atoms with Gasteiger partial charge >= 0.3 is 0 Å². The van der Waals surface area contributed by atoms with Crippen LogP contribution in [0.4, 0.5) is 23.1 Å². The van der Waals surface area contributed by atoms with Gasteiger partial charge < -0.3 is 32.5 Å². The first-order valence-electron chi connectivity index (χ1n) is 9.15. The van der Waals surface area contributed by atoms with Gasteiger partial charge in [0.2, 0.25) is 5.95 Å². The molecule has 0 fully saturated rings. The van der Waals surface area contributed by atoms with Gasteiger partial charge in [-0.1, -0.05) is 6.07 Å². The number of rotatable bonds is 6. The fraction of sp³-hybridized carbons (Fsp3) is 0.0952. The van der Waals surface area contributed by atoms with Crippen LogP contribution in [0.5, 0.6) is 0 Å². The Hall–Kier alpha value is -3.91. The van der Waals surface area contributed by atoms with E-state index < -0.39 is 0 Å². The topological polar surface area (TPSA) is 143 Å². The minimum atomic E-state index is 0.173. The van der Waals surface area contributed by atoms with E-state index in [4.69, 9.17) is 17.2 Å². The van der Waals surface area contributed by atoms with E-state index in [-0.39, 0.29) is 5.95 Å². The summed E-state index contributed by atoms with van der Waals surface area (Å²) < 4.78 is 2.12. The Balaban J connectivity index is 1.78. The Kier molecular flexibility index (Phi) is 4.84. The van der Waals surface area contributed by atoms with Crippen molar-refractivity contribution in [1.82, 2.24) is 14.5 Å². The maximum Gasteiger partial charge on any atom is 0.221 e. The predicted octanol–water partition coefficient (Wildman–Crippen LogP) is 2.95. The molecular weight excluding hydrogens is 364 g/mol. The average molecular weight is 385 g/mol. The van der Waals surface area contributed by atoms with Crippen molar-refractivity contribution in [3.63, 3.8) is 0 Å². The summed E-state index contributed by atoms with van der Waals surface area (Å²) in [5.74, 6) is 0.721. The van der Waals surface area contributed by atoms with Crippen LogP contribution in [-0.2, 0) is 6.54 Å². The lowest BCUT2D eigenvalue weighted by Gasteiger charge is -2.15. The lowest BCUT2D eigenvalue weighted by molar-refractivity contribution is 0.735. The third-order valence-corrected chi connectivity index (χ3v) is 4.75. The van der Waals surface area contributed by atoms with Crippen LogP contribution in [-0.4, -0.2) is 27.3 Å². The zero-order chi connectivity index (χ0) is 20.4. The van der Waals surface area contributed by atoms with Gasteiger partial charge in [0.05, 0.1) is 0 Å². The van der Waals surface area contributed by atoms with E-state index in [9.17, 15) is 5.41 Å². The van der Waals surface area contributed by atoms with Crippen molar-refractivity contribution >= 4 is 40.3 Å². The Morgan fingerprint density at radius 2 is 1.97 bits per heavy atom. The van der Waals surface area contributed by atoms with E-state index >= 15 is 0 Å². The van der Waals surface area contributed by atoms with Crippen molar-refractivity contribution in [3.05, 3.63) is 65.8 Å². The molecule has 0 saturated heterocycles. The monoisotopic (exact) mass is 385 g/mol. The fourth-order valence-corrected chi connectivity index (χ4v) is 3.39. The second-order valence-corrected chi connectivity index (χ2v) is 6.65. The maximum atomic E-state index is 9.67. The first-order chi connectivity index (χ1) is 14.1. The van der Waals surface area contributed by atoms with Gasteiger partial charge in [0.15, 0.2) is 0 Å². The second-order valence-electron chi connectivity index (χ2n) is 6.65. The zero-order valence-corrected chi connectivity index (χ0v) is 15.7. The minimum Gasteiger partial charge on any atom is -0.810 e. The molecule has 0 atom stereocenters. The summed E-state index contributed by atoms with van der Waals surface area (Å²) in [6.07, 6.45) is 4.59. The first-order valence-corrected chi connectivity index (χ1v) is 9.15. The minimum absolute atomic E-state index is 0.173. The van der Waals surface area contributed by atoms with Gasteiger partial charge in [-0.05, 0) is 47.5 Å². The van der Waals surface area contributed by atoms with Crippen LogP contribution in [0.1, 0.15) is 5.56 Å². The van der Waals surface area contributed by atoms with Gasteiger partial charge in [0.25, 0.3) is 0 Å². The van der Waals surface area contributed by atoms with Crippen molar-refractivity contribution in [2.75, 3.05) is 23.3 Å². The summed E-state index contributed by atoms with van der Waals surface area (Å²) in [5, 5.41) is 13.9. The number of hydrogen-bond donors (Lipinski definition) is 4. The molecule has 2 aromatic carbocycles. The molecule has 4 rings (SSSR count). The van der Waals surface area contributed by atoms with Gasteiger partial charge in [-0.3, -0.25) is 0 Å². The molecule has 2 heterocycles. The molecule has 0 aliphatic heterocycles. The zero-order valence-electron chi connectivity index (χ0n) is 15.7. The molecule has 0 bridgehead atoms. The number of hydrogen-bond acceptors (Lipinski definition) is 6. The van der Waals surface area contributed by atoms with Crippen molar-refractivity contribution in [2.24, 2.45) is 5.73 Å². The van der Waals surface area contributed by atoms with Crippen molar-refractivity contribution in [2.45, 2.75) is 6.54 Å². The molecule has 0 saturated carbocycles. The van der Waals surface area contributed by atoms with Crippen molar-refractivity contribution < 1.29 is 0 Å². The SMILES string of the molecule is [N-]=Cc1cc(Nc2ccnc(N)n2)cc(-c2ccc3c(ccn3CCN)c2)c1N. The van der Waals surface area contributed by atoms with Crippen molar-refractivity contribution in [1.29, 1.82) is 0 Å². The molecule has 0 aliphatic carbocycles. The van der Waals surface area contributed by atoms with Gasteiger partial charge in [-0.2, -0.15) is 11.2 Å². The molecule has 0 spiro atoms. The van der Waals surface area contributed by atoms with Crippen molar-refractivity contribution in [3.8, 4) is 11.1 Å². The summed E-state index contributed by atoms with van der Waals surface area (Å²) in [6.45, 7) is 1.34. The molecule has 7 N–H and O–H groups in total.